The van der Waals surface area contributed by atoms with Crippen LogP contribution in [0.5, 0.6) is 0 Å². The molecule has 0 fully saturated rings. The molecule has 0 bridgehead atoms. The number of methoxy groups -OCH3 is 1. The van der Waals surface area contributed by atoms with Gasteiger partial charge in [0, 0.05) is 6.20 Å². The van der Waals surface area contributed by atoms with Gasteiger partial charge in [0.05, 0.1) is 7.11 Å². The number of alkyl halides is 1. The van der Waals surface area contributed by atoms with Crippen LogP contribution in [0.15, 0.2) is 12.3 Å². The van der Waals surface area contributed by atoms with Crippen LogP contribution in [0.2, 0.25) is 0 Å². The van der Waals surface area contributed by atoms with Gasteiger partial charge in [-0.05, 0) is 6.07 Å². The molecule has 0 aromatic carbocycles. The van der Waals surface area contributed by atoms with Gasteiger partial charge in [0.25, 0.3) is 0 Å². The van der Waals surface area contributed by atoms with Gasteiger partial charge in [-0.3, -0.25) is 0 Å². The van der Waals surface area contributed by atoms with Crippen LogP contribution in [-0.4, -0.2) is 22.9 Å². The van der Waals surface area contributed by atoms with Crippen LogP contribution in [0.4, 0.5) is 0 Å². The number of esters is 1. The first-order chi connectivity index (χ1) is 5.29. The van der Waals surface area contributed by atoms with Crippen LogP contribution < -0.4 is 0 Å². The molecule has 5 heteroatoms. The largest absolute Gasteiger partial charge is 0.464 e. The number of hydrogen-bond acceptors (Lipinski definition) is 3. The summed E-state index contributed by atoms with van der Waals surface area (Å²) in [7, 11) is 1.31. The SMILES string of the molecule is COC(=O)c1ccnn1CCl. The van der Waals surface area contributed by atoms with Crippen LogP contribution in [0.3, 0.4) is 0 Å². The van der Waals surface area contributed by atoms with Crippen LogP contribution in [0.25, 0.3) is 0 Å². The normalized spacial score (nSPS) is 9.64. The minimum atomic E-state index is -0.428. The molecule has 0 spiro atoms. The highest BCUT2D eigenvalue weighted by Gasteiger charge is 2.10. The van der Waals surface area contributed by atoms with E-state index in [0.717, 1.165) is 0 Å². The van der Waals surface area contributed by atoms with E-state index in [1.807, 2.05) is 0 Å². The number of halogens is 1. The highest BCUT2D eigenvalue weighted by Crippen LogP contribution is 2.01. The predicted octanol–water partition coefficient (Wildman–Crippen LogP) is 0.866. The summed E-state index contributed by atoms with van der Waals surface area (Å²) in [6, 6.07) is 1.70. The van der Waals surface area contributed by atoms with Gasteiger partial charge in [0.1, 0.15) is 11.7 Å². The molecule has 1 aromatic heterocycles. The highest BCUT2D eigenvalue weighted by molar-refractivity contribution is 6.15. The first-order valence-electron chi connectivity index (χ1n) is 2.95. The summed E-state index contributed by atoms with van der Waals surface area (Å²) in [5.74, 6) is -0.428. The molecule has 1 aromatic rings. The summed E-state index contributed by atoms with van der Waals surface area (Å²) < 4.78 is 5.83. The van der Waals surface area contributed by atoms with Crippen molar-refractivity contribution in [2.45, 2.75) is 6.00 Å². The third-order valence-corrected chi connectivity index (χ3v) is 1.45. The Morgan fingerprint density at radius 2 is 2.64 bits per heavy atom. The first kappa shape index (κ1) is 8.07. The Hall–Kier alpha value is -1.03. The van der Waals surface area contributed by atoms with Crippen LogP contribution in [0, 0.1) is 0 Å². The van der Waals surface area contributed by atoms with E-state index >= 15 is 0 Å². The monoisotopic (exact) mass is 174 g/mol. The van der Waals surface area contributed by atoms with E-state index in [1.54, 1.807) is 6.07 Å². The van der Waals surface area contributed by atoms with E-state index in [-0.39, 0.29) is 6.00 Å². The highest BCUT2D eigenvalue weighted by atomic mass is 35.5. The van der Waals surface area contributed by atoms with Crippen LogP contribution >= 0.6 is 11.6 Å². The number of hydrogen-bond donors (Lipinski definition) is 0. The topological polar surface area (TPSA) is 44.1 Å². The molecule has 1 rings (SSSR count). The summed E-state index contributed by atoms with van der Waals surface area (Å²) >= 11 is 5.47. The molecule has 4 nitrogen and oxygen atoms in total. The lowest BCUT2D eigenvalue weighted by atomic mass is 10.4. The van der Waals surface area contributed by atoms with E-state index in [0.29, 0.717) is 5.69 Å². The van der Waals surface area contributed by atoms with Crippen molar-refractivity contribution in [2.24, 2.45) is 0 Å². The average Bonchev–Trinajstić information content (AvgIpc) is 2.50. The van der Waals surface area contributed by atoms with Gasteiger partial charge < -0.3 is 4.74 Å². The molecular weight excluding hydrogens is 168 g/mol. The molecule has 0 amide bonds. The lowest BCUT2D eigenvalue weighted by molar-refractivity contribution is 0.0588. The van der Waals surface area contributed by atoms with Crippen LogP contribution in [-0.2, 0) is 10.7 Å². The van der Waals surface area contributed by atoms with Crippen molar-refractivity contribution < 1.29 is 9.53 Å². The van der Waals surface area contributed by atoms with Crippen molar-refractivity contribution in [3.05, 3.63) is 18.0 Å². The van der Waals surface area contributed by atoms with Gasteiger partial charge in [-0.2, -0.15) is 5.10 Å². The number of aromatic nitrogens is 2. The summed E-state index contributed by atoms with van der Waals surface area (Å²) in [6.45, 7) is 0. The maximum atomic E-state index is 10.9. The van der Waals surface area contributed by atoms with Crippen molar-refractivity contribution in [1.82, 2.24) is 9.78 Å². The Bertz CT molecular complexity index is 259. The standard InChI is InChI=1S/C6H7ClN2O2/c1-11-6(10)5-2-3-8-9(5)4-7/h2-3H,4H2,1H3. The Balaban J connectivity index is 2.92. The molecule has 60 valence electrons. The quantitative estimate of drug-likeness (QED) is 0.494. The molecule has 0 N–H and O–H groups in total. The average molecular weight is 175 g/mol. The molecule has 0 aliphatic heterocycles. The van der Waals surface area contributed by atoms with Gasteiger partial charge >= 0.3 is 5.97 Å². The Kier molecular flexibility index (Phi) is 2.48. The summed E-state index contributed by atoms with van der Waals surface area (Å²) in [4.78, 5) is 10.9. The lowest BCUT2D eigenvalue weighted by Gasteiger charge is -1.99. The Labute approximate surface area is 68.7 Å². The zero-order valence-electron chi connectivity index (χ0n) is 5.95. The molecule has 0 aliphatic carbocycles. The second-order valence-corrected chi connectivity index (χ2v) is 2.07. The molecule has 0 aliphatic rings. The van der Waals surface area contributed by atoms with E-state index < -0.39 is 5.97 Å². The third kappa shape index (κ3) is 1.51. The van der Waals surface area contributed by atoms with Gasteiger partial charge in [-0.1, -0.05) is 0 Å². The third-order valence-electron chi connectivity index (χ3n) is 1.22. The van der Waals surface area contributed by atoms with Gasteiger partial charge in [-0.25, -0.2) is 9.48 Å². The van der Waals surface area contributed by atoms with Crippen molar-refractivity contribution in [3.63, 3.8) is 0 Å². The molecule has 0 unspecified atom stereocenters. The molecule has 11 heavy (non-hydrogen) atoms. The second-order valence-electron chi connectivity index (χ2n) is 1.83. The van der Waals surface area contributed by atoms with Crippen molar-refractivity contribution in [1.29, 1.82) is 0 Å². The maximum absolute atomic E-state index is 10.9. The van der Waals surface area contributed by atoms with Crippen LogP contribution in [0.1, 0.15) is 10.5 Å². The first-order valence-corrected chi connectivity index (χ1v) is 3.49. The van der Waals surface area contributed by atoms with E-state index in [2.05, 4.69) is 9.84 Å². The van der Waals surface area contributed by atoms with Crippen molar-refractivity contribution >= 4 is 17.6 Å². The molecule has 0 saturated carbocycles. The zero-order valence-corrected chi connectivity index (χ0v) is 6.71. The van der Waals surface area contributed by atoms with E-state index in [4.69, 9.17) is 11.6 Å². The molecule has 1 heterocycles. The summed E-state index contributed by atoms with van der Waals surface area (Å²) in [5, 5.41) is 3.79. The van der Waals surface area contributed by atoms with E-state index in [1.165, 1.54) is 18.0 Å². The fourth-order valence-electron chi connectivity index (χ4n) is 0.706. The van der Waals surface area contributed by atoms with E-state index in [9.17, 15) is 4.79 Å². The minimum absolute atomic E-state index is 0.150. The van der Waals surface area contributed by atoms with Gasteiger partial charge in [0.2, 0.25) is 0 Å². The lowest BCUT2D eigenvalue weighted by Crippen LogP contribution is -2.09. The smallest absolute Gasteiger partial charge is 0.356 e. The minimum Gasteiger partial charge on any atom is -0.464 e. The number of carbonyl (C=O) groups is 1. The molecule has 0 atom stereocenters. The maximum Gasteiger partial charge on any atom is 0.356 e. The molecular formula is C6H7ClN2O2. The number of nitrogens with zero attached hydrogens (tertiary/aromatic N) is 2. The van der Waals surface area contributed by atoms with Gasteiger partial charge in [0.15, 0.2) is 0 Å². The fraction of sp³-hybridized carbons (Fsp3) is 0.333. The Morgan fingerprint density at radius 3 is 3.18 bits per heavy atom. The summed E-state index contributed by atoms with van der Waals surface area (Å²) in [5.41, 5.74) is 0.363. The predicted molar refractivity (Wildman–Crippen MR) is 39.4 cm³/mol. The number of carbonyl (C=O) groups excluding carboxylic acids is 1. The van der Waals surface area contributed by atoms with Crippen molar-refractivity contribution in [3.8, 4) is 0 Å². The number of rotatable bonds is 2. The summed E-state index contributed by atoms with van der Waals surface area (Å²) in [6.07, 6.45) is 1.49. The Morgan fingerprint density at radius 1 is 1.91 bits per heavy atom. The molecule has 0 radical (unpaired) electrons. The van der Waals surface area contributed by atoms with Crippen molar-refractivity contribution in [2.75, 3.05) is 7.11 Å². The molecule has 0 saturated heterocycles. The fourth-order valence-corrected chi connectivity index (χ4v) is 0.896. The zero-order chi connectivity index (χ0) is 8.27. The number of ether oxygens (including phenoxy) is 1. The van der Waals surface area contributed by atoms with Gasteiger partial charge in [-0.15, -0.1) is 11.6 Å². The second kappa shape index (κ2) is 3.39.